The zero-order valence-electron chi connectivity index (χ0n) is 11.8. The minimum absolute atomic E-state index is 0.194. The molecule has 1 atom stereocenters. The summed E-state index contributed by atoms with van der Waals surface area (Å²) in [6, 6.07) is 13.1. The summed E-state index contributed by atoms with van der Waals surface area (Å²) in [4.78, 5) is 0.194. The van der Waals surface area contributed by atoms with E-state index in [1.54, 1.807) is 0 Å². The fourth-order valence-corrected chi connectivity index (χ4v) is 3.73. The summed E-state index contributed by atoms with van der Waals surface area (Å²) in [7, 11) is 0. The van der Waals surface area contributed by atoms with Crippen LogP contribution in [0.4, 0.5) is 0 Å². The van der Waals surface area contributed by atoms with Crippen molar-refractivity contribution in [3.8, 4) is 11.5 Å². The Morgan fingerprint density at radius 2 is 1.52 bits per heavy atom. The quantitative estimate of drug-likeness (QED) is 0.750. The first-order valence-electron chi connectivity index (χ1n) is 7.46. The maximum atomic E-state index is 5.68. The topological polar surface area (TPSA) is 18.5 Å². The molecule has 0 spiro atoms. The van der Waals surface area contributed by atoms with Crippen LogP contribution in [-0.4, -0.2) is 13.2 Å². The molecule has 2 nitrogen and oxygen atoms in total. The van der Waals surface area contributed by atoms with E-state index >= 15 is 0 Å². The highest BCUT2D eigenvalue weighted by Crippen LogP contribution is 2.38. The molecule has 0 N–H and O–H groups in total. The average Bonchev–Trinajstić information content (AvgIpc) is 3.01. The number of benzene rings is 2. The highest BCUT2D eigenvalue weighted by Gasteiger charge is 2.18. The third kappa shape index (κ3) is 2.44. The van der Waals surface area contributed by atoms with Gasteiger partial charge in [0.1, 0.15) is 13.2 Å². The van der Waals surface area contributed by atoms with Gasteiger partial charge in [-0.2, -0.15) is 0 Å². The van der Waals surface area contributed by atoms with Gasteiger partial charge < -0.3 is 9.47 Å². The fourth-order valence-electron chi connectivity index (χ4n) is 3.16. The van der Waals surface area contributed by atoms with E-state index in [0.29, 0.717) is 13.2 Å². The van der Waals surface area contributed by atoms with Gasteiger partial charge in [-0.15, -0.1) is 0 Å². The molecule has 3 heteroatoms. The number of rotatable bonds is 2. The van der Waals surface area contributed by atoms with Crippen molar-refractivity contribution in [2.45, 2.75) is 24.1 Å². The minimum Gasteiger partial charge on any atom is -0.486 e. The lowest BCUT2D eigenvalue weighted by Crippen LogP contribution is -2.15. The standard InChI is InChI=1S/C18H17BrO2/c19-18(14-5-4-12-2-1-3-13(12)10-14)15-6-7-16-17(11-15)21-9-8-20-16/h4-7,10-11,18H,1-3,8-9H2. The molecule has 0 saturated heterocycles. The molecule has 1 aliphatic heterocycles. The molecule has 0 amide bonds. The van der Waals surface area contributed by atoms with Crippen LogP contribution in [-0.2, 0) is 12.8 Å². The summed E-state index contributed by atoms with van der Waals surface area (Å²) in [6.45, 7) is 1.26. The minimum atomic E-state index is 0.194. The van der Waals surface area contributed by atoms with E-state index in [-0.39, 0.29) is 4.83 Å². The number of hydrogen-bond donors (Lipinski definition) is 0. The Morgan fingerprint density at radius 1 is 0.810 bits per heavy atom. The van der Waals surface area contributed by atoms with Crippen molar-refractivity contribution in [1.82, 2.24) is 0 Å². The first kappa shape index (κ1) is 13.2. The number of aryl methyl sites for hydroxylation is 2. The van der Waals surface area contributed by atoms with E-state index in [4.69, 9.17) is 9.47 Å². The van der Waals surface area contributed by atoms with Crippen LogP contribution in [0.2, 0.25) is 0 Å². The van der Waals surface area contributed by atoms with Crippen molar-refractivity contribution in [3.63, 3.8) is 0 Å². The summed E-state index contributed by atoms with van der Waals surface area (Å²) in [5, 5.41) is 0. The van der Waals surface area contributed by atoms with E-state index in [1.165, 1.54) is 41.5 Å². The fraction of sp³-hybridized carbons (Fsp3) is 0.333. The largest absolute Gasteiger partial charge is 0.486 e. The molecule has 0 bridgehead atoms. The SMILES string of the molecule is BrC(c1ccc2c(c1)CCC2)c1ccc2c(c1)OCCO2. The van der Waals surface area contributed by atoms with Crippen molar-refractivity contribution in [1.29, 1.82) is 0 Å². The second-order valence-electron chi connectivity index (χ2n) is 5.65. The lowest BCUT2D eigenvalue weighted by atomic mass is 10.00. The number of halogens is 1. The van der Waals surface area contributed by atoms with Gasteiger partial charge in [-0.1, -0.05) is 40.2 Å². The second kappa shape index (κ2) is 5.38. The Morgan fingerprint density at radius 3 is 2.43 bits per heavy atom. The van der Waals surface area contributed by atoms with Crippen LogP contribution in [0.1, 0.15) is 33.5 Å². The molecular weight excluding hydrogens is 328 g/mol. The first-order valence-corrected chi connectivity index (χ1v) is 8.38. The highest BCUT2D eigenvalue weighted by atomic mass is 79.9. The summed E-state index contributed by atoms with van der Waals surface area (Å²) >= 11 is 3.83. The molecule has 0 radical (unpaired) electrons. The molecule has 1 heterocycles. The maximum Gasteiger partial charge on any atom is 0.161 e. The van der Waals surface area contributed by atoms with Crippen molar-refractivity contribution in [2.75, 3.05) is 13.2 Å². The first-order chi connectivity index (χ1) is 10.3. The van der Waals surface area contributed by atoms with E-state index in [1.807, 2.05) is 6.07 Å². The van der Waals surface area contributed by atoms with Gasteiger partial charge in [0.15, 0.2) is 11.5 Å². The van der Waals surface area contributed by atoms with E-state index in [2.05, 4.69) is 46.3 Å². The average molecular weight is 345 g/mol. The van der Waals surface area contributed by atoms with E-state index < -0.39 is 0 Å². The summed E-state index contributed by atoms with van der Waals surface area (Å²) in [5.74, 6) is 1.70. The summed E-state index contributed by atoms with van der Waals surface area (Å²) in [5.41, 5.74) is 5.54. The van der Waals surface area contributed by atoms with Crippen LogP contribution in [0.15, 0.2) is 36.4 Å². The Kier molecular flexibility index (Phi) is 3.38. The third-order valence-corrected chi connectivity index (χ3v) is 5.33. The molecule has 2 aromatic carbocycles. The lowest BCUT2D eigenvalue weighted by molar-refractivity contribution is 0.171. The molecule has 0 aromatic heterocycles. The van der Waals surface area contributed by atoms with Crippen molar-refractivity contribution in [3.05, 3.63) is 58.7 Å². The third-order valence-electron chi connectivity index (χ3n) is 4.27. The van der Waals surface area contributed by atoms with Crippen LogP contribution in [0.25, 0.3) is 0 Å². The molecule has 1 aliphatic carbocycles. The Bertz CT molecular complexity index is 681. The molecule has 21 heavy (non-hydrogen) atoms. The predicted octanol–water partition coefficient (Wildman–Crippen LogP) is 4.43. The molecule has 2 aliphatic rings. The Labute approximate surface area is 133 Å². The van der Waals surface area contributed by atoms with Gasteiger partial charge in [-0.25, -0.2) is 0 Å². The Balaban J connectivity index is 1.66. The van der Waals surface area contributed by atoms with Crippen LogP contribution in [0.3, 0.4) is 0 Å². The van der Waals surface area contributed by atoms with E-state index in [0.717, 1.165) is 11.5 Å². The number of ether oxygens (including phenoxy) is 2. The second-order valence-corrected chi connectivity index (χ2v) is 6.56. The molecular formula is C18H17BrO2. The van der Waals surface area contributed by atoms with Crippen molar-refractivity contribution in [2.24, 2.45) is 0 Å². The van der Waals surface area contributed by atoms with Crippen LogP contribution in [0, 0.1) is 0 Å². The number of fused-ring (bicyclic) bond motifs is 2. The van der Waals surface area contributed by atoms with Crippen molar-refractivity contribution < 1.29 is 9.47 Å². The van der Waals surface area contributed by atoms with Crippen LogP contribution >= 0.6 is 15.9 Å². The van der Waals surface area contributed by atoms with Gasteiger partial charge in [0, 0.05) is 0 Å². The van der Waals surface area contributed by atoms with Crippen LogP contribution < -0.4 is 9.47 Å². The van der Waals surface area contributed by atoms with E-state index in [9.17, 15) is 0 Å². The normalized spacial score (nSPS) is 17.4. The van der Waals surface area contributed by atoms with Gasteiger partial charge in [0.05, 0.1) is 4.83 Å². The number of alkyl halides is 1. The molecule has 0 fully saturated rings. The van der Waals surface area contributed by atoms with Gasteiger partial charge in [-0.3, -0.25) is 0 Å². The molecule has 2 aromatic rings. The monoisotopic (exact) mass is 344 g/mol. The highest BCUT2D eigenvalue weighted by molar-refractivity contribution is 9.09. The lowest BCUT2D eigenvalue weighted by Gasteiger charge is -2.20. The molecule has 4 rings (SSSR count). The van der Waals surface area contributed by atoms with Gasteiger partial charge in [-0.05, 0) is 53.6 Å². The smallest absolute Gasteiger partial charge is 0.161 e. The molecule has 1 unspecified atom stereocenters. The predicted molar refractivity (Wildman–Crippen MR) is 86.7 cm³/mol. The Hall–Kier alpha value is -1.48. The molecule has 0 saturated carbocycles. The summed E-state index contributed by atoms with van der Waals surface area (Å²) in [6.07, 6.45) is 3.73. The van der Waals surface area contributed by atoms with Gasteiger partial charge in [0.25, 0.3) is 0 Å². The van der Waals surface area contributed by atoms with Gasteiger partial charge >= 0.3 is 0 Å². The molecule has 108 valence electrons. The zero-order chi connectivity index (χ0) is 14.2. The number of hydrogen-bond acceptors (Lipinski definition) is 2. The maximum absolute atomic E-state index is 5.68. The van der Waals surface area contributed by atoms with Crippen LogP contribution in [0.5, 0.6) is 11.5 Å². The van der Waals surface area contributed by atoms with Gasteiger partial charge in [0.2, 0.25) is 0 Å². The summed E-state index contributed by atoms with van der Waals surface area (Å²) < 4.78 is 11.3. The zero-order valence-corrected chi connectivity index (χ0v) is 13.4. The van der Waals surface area contributed by atoms with Crippen molar-refractivity contribution >= 4 is 15.9 Å².